The van der Waals surface area contributed by atoms with E-state index in [0.717, 1.165) is 0 Å². The molecule has 1 amide bonds. The van der Waals surface area contributed by atoms with Crippen LogP contribution in [0.4, 0.5) is 5.69 Å². The lowest BCUT2D eigenvalue weighted by atomic mass is 9.95. The third-order valence-electron chi connectivity index (χ3n) is 3.62. The number of carbonyl (C=O) groups excluding carboxylic acids is 1. The minimum Gasteiger partial charge on any atom is -0.480 e. The lowest BCUT2D eigenvalue weighted by Crippen LogP contribution is -2.44. The SMILES string of the molecule is COc1ncccc1NC(=O)[C@@H]1Cc2ccccc2CN1. The molecule has 1 aromatic heterocycles. The Kier molecular flexibility index (Phi) is 3.83. The van der Waals surface area contributed by atoms with Crippen molar-refractivity contribution >= 4 is 11.6 Å². The Morgan fingerprint density at radius 3 is 2.90 bits per heavy atom. The van der Waals surface area contributed by atoms with E-state index < -0.39 is 0 Å². The van der Waals surface area contributed by atoms with Crippen LogP contribution < -0.4 is 15.4 Å². The van der Waals surface area contributed by atoms with Gasteiger partial charge in [0.05, 0.1) is 13.2 Å². The molecule has 0 radical (unpaired) electrons. The molecule has 0 spiro atoms. The maximum absolute atomic E-state index is 12.4. The van der Waals surface area contributed by atoms with Crippen LogP contribution in [0.3, 0.4) is 0 Å². The van der Waals surface area contributed by atoms with Crippen molar-refractivity contribution in [3.63, 3.8) is 0 Å². The second-order valence-electron chi connectivity index (χ2n) is 4.96. The molecule has 0 unspecified atom stereocenters. The zero-order valence-electron chi connectivity index (χ0n) is 11.8. The highest BCUT2D eigenvalue weighted by Gasteiger charge is 2.24. The van der Waals surface area contributed by atoms with Crippen LogP contribution in [0.25, 0.3) is 0 Å². The van der Waals surface area contributed by atoms with Gasteiger partial charge in [-0.15, -0.1) is 0 Å². The van der Waals surface area contributed by atoms with Crippen molar-refractivity contribution < 1.29 is 9.53 Å². The van der Waals surface area contributed by atoms with Crippen molar-refractivity contribution in [3.8, 4) is 5.88 Å². The summed E-state index contributed by atoms with van der Waals surface area (Å²) in [5.41, 5.74) is 3.06. The lowest BCUT2D eigenvalue weighted by molar-refractivity contribution is -0.118. The van der Waals surface area contributed by atoms with Crippen molar-refractivity contribution in [2.24, 2.45) is 0 Å². The van der Waals surface area contributed by atoms with E-state index in [1.54, 1.807) is 18.3 Å². The molecule has 0 fully saturated rings. The van der Waals surface area contributed by atoms with E-state index in [1.165, 1.54) is 18.2 Å². The van der Waals surface area contributed by atoms with Crippen LogP contribution in [0, 0.1) is 0 Å². The smallest absolute Gasteiger partial charge is 0.242 e. The summed E-state index contributed by atoms with van der Waals surface area (Å²) >= 11 is 0. The number of nitrogens with one attached hydrogen (secondary N) is 2. The van der Waals surface area contributed by atoms with E-state index in [9.17, 15) is 4.79 Å². The Bertz CT molecular complexity index is 657. The average molecular weight is 283 g/mol. The Hall–Kier alpha value is -2.40. The number of carbonyl (C=O) groups is 1. The van der Waals surface area contributed by atoms with Crippen molar-refractivity contribution in [1.29, 1.82) is 0 Å². The maximum Gasteiger partial charge on any atom is 0.242 e. The minimum atomic E-state index is -0.246. The fraction of sp³-hybridized carbons (Fsp3) is 0.250. The van der Waals surface area contributed by atoms with Crippen molar-refractivity contribution in [2.75, 3.05) is 12.4 Å². The molecule has 1 aliphatic heterocycles. The zero-order valence-corrected chi connectivity index (χ0v) is 11.8. The van der Waals surface area contributed by atoms with Gasteiger partial charge in [-0.25, -0.2) is 4.98 Å². The number of amides is 1. The number of benzene rings is 1. The van der Waals surface area contributed by atoms with Crippen molar-refractivity contribution in [2.45, 2.75) is 19.0 Å². The van der Waals surface area contributed by atoms with Gasteiger partial charge in [-0.05, 0) is 29.7 Å². The van der Waals surface area contributed by atoms with E-state index in [2.05, 4.69) is 27.8 Å². The van der Waals surface area contributed by atoms with Gasteiger partial charge in [0.25, 0.3) is 0 Å². The molecule has 0 aliphatic carbocycles. The Balaban J connectivity index is 1.72. The number of aromatic nitrogens is 1. The average Bonchev–Trinajstić information content (AvgIpc) is 2.55. The number of methoxy groups -OCH3 is 1. The van der Waals surface area contributed by atoms with Crippen LogP contribution in [-0.2, 0) is 17.8 Å². The van der Waals surface area contributed by atoms with E-state index in [1.807, 2.05) is 12.1 Å². The standard InChI is InChI=1S/C16H17N3O2/c1-21-16-13(7-4-8-17-16)19-15(20)14-9-11-5-2-3-6-12(11)10-18-14/h2-8,14,18H,9-10H2,1H3,(H,19,20)/t14-/m0/s1. The van der Waals surface area contributed by atoms with Gasteiger partial charge >= 0.3 is 0 Å². The van der Waals surface area contributed by atoms with Crippen LogP contribution in [0.1, 0.15) is 11.1 Å². The Morgan fingerprint density at radius 1 is 1.29 bits per heavy atom. The molecule has 1 aromatic carbocycles. The largest absolute Gasteiger partial charge is 0.480 e. The highest BCUT2D eigenvalue weighted by molar-refractivity contribution is 5.96. The number of rotatable bonds is 3. The molecule has 5 heteroatoms. The Morgan fingerprint density at radius 2 is 2.10 bits per heavy atom. The van der Waals surface area contributed by atoms with Crippen LogP contribution >= 0.6 is 0 Å². The summed E-state index contributed by atoms with van der Waals surface area (Å²) in [4.78, 5) is 16.5. The normalized spacial score (nSPS) is 16.9. The molecule has 2 heterocycles. The number of hydrogen-bond acceptors (Lipinski definition) is 4. The van der Waals surface area contributed by atoms with E-state index in [-0.39, 0.29) is 11.9 Å². The monoisotopic (exact) mass is 283 g/mol. The van der Waals surface area contributed by atoms with Gasteiger partial charge in [-0.1, -0.05) is 24.3 Å². The molecule has 0 bridgehead atoms. The molecule has 21 heavy (non-hydrogen) atoms. The number of nitrogens with zero attached hydrogens (tertiary/aromatic N) is 1. The second kappa shape index (κ2) is 5.93. The molecule has 2 aromatic rings. The molecule has 0 saturated heterocycles. The number of anilines is 1. The molecule has 1 atom stereocenters. The van der Waals surface area contributed by atoms with Crippen molar-refractivity contribution in [1.82, 2.24) is 10.3 Å². The molecular formula is C16H17N3O2. The van der Waals surface area contributed by atoms with Crippen LogP contribution in [-0.4, -0.2) is 24.0 Å². The fourth-order valence-corrected chi connectivity index (χ4v) is 2.51. The predicted octanol–water partition coefficient (Wildman–Crippen LogP) is 1.74. The van der Waals surface area contributed by atoms with E-state index in [4.69, 9.17) is 4.74 Å². The van der Waals surface area contributed by atoms with Gasteiger partial charge in [0.2, 0.25) is 11.8 Å². The lowest BCUT2D eigenvalue weighted by Gasteiger charge is -2.25. The van der Waals surface area contributed by atoms with E-state index in [0.29, 0.717) is 24.5 Å². The van der Waals surface area contributed by atoms with E-state index >= 15 is 0 Å². The number of pyridine rings is 1. The summed E-state index contributed by atoms with van der Waals surface area (Å²) in [5.74, 6) is 0.345. The first-order valence-corrected chi connectivity index (χ1v) is 6.88. The van der Waals surface area contributed by atoms with Gasteiger partial charge in [-0.3, -0.25) is 4.79 Å². The van der Waals surface area contributed by atoms with Crippen LogP contribution in [0.5, 0.6) is 5.88 Å². The second-order valence-corrected chi connectivity index (χ2v) is 4.96. The number of fused-ring (bicyclic) bond motifs is 1. The summed E-state index contributed by atoms with van der Waals surface area (Å²) < 4.78 is 5.14. The summed E-state index contributed by atoms with van der Waals surface area (Å²) in [6, 6.07) is 11.5. The first-order chi connectivity index (χ1) is 10.3. The number of ether oxygens (including phenoxy) is 1. The van der Waals surface area contributed by atoms with Gasteiger partial charge in [-0.2, -0.15) is 0 Å². The van der Waals surface area contributed by atoms with Gasteiger partial charge < -0.3 is 15.4 Å². The first kappa shape index (κ1) is 13.6. The molecule has 1 aliphatic rings. The van der Waals surface area contributed by atoms with Crippen LogP contribution in [0.2, 0.25) is 0 Å². The number of hydrogen-bond donors (Lipinski definition) is 2. The third kappa shape index (κ3) is 2.87. The molecule has 3 rings (SSSR count). The fourth-order valence-electron chi connectivity index (χ4n) is 2.51. The zero-order chi connectivity index (χ0) is 14.7. The first-order valence-electron chi connectivity index (χ1n) is 6.88. The summed E-state index contributed by atoms with van der Waals surface area (Å²) in [5, 5.41) is 6.13. The van der Waals surface area contributed by atoms with Gasteiger partial charge in [0.1, 0.15) is 5.69 Å². The highest BCUT2D eigenvalue weighted by Crippen LogP contribution is 2.21. The molecule has 0 saturated carbocycles. The van der Waals surface area contributed by atoms with Crippen LogP contribution in [0.15, 0.2) is 42.6 Å². The molecular weight excluding hydrogens is 266 g/mol. The predicted molar refractivity (Wildman–Crippen MR) is 80.2 cm³/mol. The molecule has 2 N–H and O–H groups in total. The summed E-state index contributed by atoms with van der Waals surface area (Å²) in [7, 11) is 1.53. The van der Waals surface area contributed by atoms with Crippen molar-refractivity contribution in [3.05, 3.63) is 53.7 Å². The Labute approximate surface area is 123 Å². The summed E-state index contributed by atoms with van der Waals surface area (Å²) in [6.45, 7) is 0.707. The minimum absolute atomic E-state index is 0.0733. The topological polar surface area (TPSA) is 63.2 Å². The quantitative estimate of drug-likeness (QED) is 0.900. The highest BCUT2D eigenvalue weighted by atomic mass is 16.5. The third-order valence-corrected chi connectivity index (χ3v) is 3.62. The molecule has 108 valence electrons. The summed E-state index contributed by atoms with van der Waals surface area (Å²) in [6.07, 6.45) is 2.31. The van der Waals surface area contributed by atoms with Gasteiger partial charge in [0, 0.05) is 12.7 Å². The van der Waals surface area contributed by atoms with Gasteiger partial charge in [0.15, 0.2) is 0 Å². The maximum atomic E-state index is 12.4. The molecule has 5 nitrogen and oxygen atoms in total.